The lowest BCUT2D eigenvalue weighted by molar-refractivity contribution is -0.134. The molecular formula is C11H19N3OS. The molecule has 0 radical (unpaired) electrons. The van der Waals surface area contributed by atoms with Crippen molar-refractivity contribution in [2.75, 3.05) is 20.6 Å². The third-order valence-electron chi connectivity index (χ3n) is 2.37. The van der Waals surface area contributed by atoms with E-state index in [-0.39, 0.29) is 11.8 Å². The molecule has 0 saturated heterocycles. The third-order valence-corrected chi connectivity index (χ3v) is 3.20. The zero-order valence-electron chi connectivity index (χ0n) is 10.3. The fourth-order valence-corrected chi connectivity index (χ4v) is 2.18. The number of nitrogens with one attached hydrogen (secondary N) is 1. The van der Waals surface area contributed by atoms with E-state index in [0.29, 0.717) is 13.1 Å². The van der Waals surface area contributed by atoms with Crippen LogP contribution in [0, 0.1) is 12.8 Å². The summed E-state index contributed by atoms with van der Waals surface area (Å²) in [5.74, 6) is 0.162. The van der Waals surface area contributed by atoms with Gasteiger partial charge in [-0.1, -0.05) is 6.92 Å². The van der Waals surface area contributed by atoms with Crippen molar-refractivity contribution in [3.63, 3.8) is 0 Å². The van der Waals surface area contributed by atoms with Crippen molar-refractivity contribution >= 4 is 17.2 Å². The van der Waals surface area contributed by atoms with E-state index in [1.807, 2.05) is 33.3 Å². The highest BCUT2D eigenvalue weighted by Gasteiger charge is 2.17. The molecule has 1 amide bonds. The molecule has 0 aliphatic heterocycles. The molecule has 0 saturated carbocycles. The largest absolute Gasteiger partial charge is 0.340 e. The maximum atomic E-state index is 11.9. The summed E-state index contributed by atoms with van der Waals surface area (Å²) in [5.41, 5.74) is 0.968. The van der Waals surface area contributed by atoms with Crippen LogP contribution in [0.15, 0.2) is 5.38 Å². The van der Waals surface area contributed by atoms with Crippen molar-refractivity contribution in [2.24, 2.45) is 5.92 Å². The quantitative estimate of drug-likeness (QED) is 0.844. The Labute approximate surface area is 101 Å². The van der Waals surface area contributed by atoms with Crippen LogP contribution in [0.1, 0.15) is 17.6 Å². The molecule has 90 valence electrons. The number of aromatic nitrogens is 1. The van der Waals surface area contributed by atoms with E-state index in [1.165, 1.54) is 0 Å². The third kappa shape index (κ3) is 3.57. The van der Waals surface area contributed by atoms with Crippen LogP contribution in [0.4, 0.5) is 0 Å². The minimum absolute atomic E-state index is 0.00901. The zero-order chi connectivity index (χ0) is 12.1. The van der Waals surface area contributed by atoms with E-state index in [4.69, 9.17) is 0 Å². The molecule has 0 bridgehead atoms. The minimum atomic E-state index is 0.00901. The lowest BCUT2D eigenvalue weighted by Gasteiger charge is -2.20. The van der Waals surface area contributed by atoms with Crippen molar-refractivity contribution in [1.82, 2.24) is 15.2 Å². The second-order valence-electron chi connectivity index (χ2n) is 4.01. The highest BCUT2D eigenvalue weighted by atomic mass is 32.1. The highest BCUT2D eigenvalue weighted by molar-refractivity contribution is 7.09. The highest BCUT2D eigenvalue weighted by Crippen LogP contribution is 2.11. The summed E-state index contributed by atoms with van der Waals surface area (Å²) >= 11 is 1.62. The Hall–Kier alpha value is -0.940. The van der Waals surface area contributed by atoms with Crippen molar-refractivity contribution in [3.05, 3.63) is 16.1 Å². The Morgan fingerprint density at radius 1 is 1.69 bits per heavy atom. The van der Waals surface area contributed by atoms with Gasteiger partial charge in [0.25, 0.3) is 0 Å². The molecule has 0 aliphatic rings. The Morgan fingerprint density at radius 3 is 2.88 bits per heavy atom. The van der Waals surface area contributed by atoms with Crippen LogP contribution in [0.3, 0.4) is 0 Å². The van der Waals surface area contributed by atoms with E-state index in [9.17, 15) is 4.79 Å². The average molecular weight is 241 g/mol. The summed E-state index contributed by atoms with van der Waals surface area (Å²) in [6.45, 7) is 5.21. The summed E-state index contributed by atoms with van der Waals surface area (Å²) in [7, 11) is 3.68. The Kier molecular flexibility index (Phi) is 4.89. The van der Waals surface area contributed by atoms with E-state index in [0.717, 1.165) is 10.7 Å². The van der Waals surface area contributed by atoms with Gasteiger partial charge in [-0.05, 0) is 14.0 Å². The molecule has 1 N–H and O–H groups in total. The number of hydrogen-bond donors (Lipinski definition) is 1. The summed E-state index contributed by atoms with van der Waals surface area (Å²) in [6, 6.07) is 0. The number of carbonyl (C=O) groups excluding carboxylic acids is 1. The Morgan fingerprint density at radius 2 is 2.38 bits per heavy atom. The molecule has 1 heterocycles. The fraction of sp³-hybridized carbons (Fsp3) is 0.636. The SMILES string of the molecule is CNCC(C)C(=O)N(C)Cc1csc(C)n1. The topological polar surface area (TPSA) is 45.2 Å². The van der Waals surface area contributed by atoms with E-state index < -0.39 is 0 Å². The van der Waals surface area contributed by atoms with Crippen LogP contribution in [-0.2, 0) is 11.3 Å². The first-order chi connectivity index (χ1) is 7.54. The van der Waals surface area contributed by atoms with Gasteiger partial charge in [0.1, 0.15) is 0 Å². The van der Waals surface area contributed by atoms with Gasteiger partial charge in [0.15, 0.2) is 0 Å². The number of carbonyl (C=O) groups is 1. The van der Waals surface area contributed by atoms with E-state index in [1.54, 1.807) is 16.2 Å². The number of rotatable bonds is 5. The predicted octanol–water partition coefficient (Wildman–Crippen LogP) is 1.27. The average Bonchev–Trinajstić information content (AvgIpc) is 2.63. The van der Waals surface area contributed by atoms with Crippen LogP contribution in [0.25, 0.3) is 0 Å². The van der Waals surface area contributed by atoms with Crippen molar-refractivity contribution < 1.29 is 4.79 Å². The van der Waals surface area contributed by atoms with E-state index >= 15 is 0 Å². The van der Waals surface area contributed by atoms with Crippen LogP contribution in [-0.4, -0.2) is 36.4 Å². The lowest BCUT2D eigenvalue weighted by atomic mass is 10.1. The summed E-state index contributed by atoms with van der Waals surface area (Å²) in [5, 5.41) is 6.05. The number of amides is 1. The number of nitrogens with zero attached hydrogens (tertiary/aromatic N) is 2. The lowest BCUT2D eigenvalue weighted by Crippen LogP contribution is -2.35. The molecule has 4 nitrogen and oxygen atoms in total. The van der Waals surface area contributed by atoms with Gasteiger partial charge in [0.05, 0.1) is 17.2 Å². The molecule has 1 unspecified atom stereocenters. The number of thiazole rings is 1. The van der Waals surface area contributed by atoms with Gasteiger partial charge in [-0.15, -0.1) is 11.3 Å². The van der Waals surface area contributed by atoms with Gasteiger partial charge < -0.3 is 10.2 Å². The Balaban J connectivity index is 2.51. The second-order valence-corrected chi connectivity index (χ2v) is 5.07. The summed E-state index contributed by atoms with van der Waals surface area (Å²) in [4.78, 5) is 18.0. The van der Waals surface area contributed by atoms with Crippen molar-refractivity contribution in [3.8, 4) is 0 Å². The van der Waals surface area contributed by atoms with Gasteiger partial charge >= 0.3 is 0 Å². The molecule has 16 heavy (non-hydrogen) atoms. The molecule has 1 aromatic heterocycles. The van der Waals surface area contributed by atoms with Gasteiger partial charge in [-0.3, -0.25) is 4.79 Å². The van der Waals surface area contributed by atoms with Gasteiger partial charge in [0, 0.05) is 24.9 Å². The van der Waals surface area contributed by atoms with Crippen LogP contribution >= 0.6 is 11.3 Å². The van der Waals surface area contributed by atoms with E-state index in [2.05, 4.69) is 10.3 Å². The molecule has 0 aliphatic carbocycles. The first-order valence-electron chi connectivity index (χ1n) is 5.35. The Bertz CT molecular complexity index is 351. The standard InChI is InChI=1S/C11H19N3OS/c1-8(5-12-3)11(15)14(4)6-10-7-16-9(2)13-10/h7-8,12H,5-6H2,1-4H3. The maximum absolute atomic E-state index is 11.9. The van der Waals surface area contributed by atoms with Crippen LogP contribution < -0.4 is 5.32 Å². The molecular weight excluding hydrogens is 222 g/mol. The first-order valence-corrected chi connectivity index (χ1v) is 6.23. The zero-order valence-corrected chi connectivity index (χ0v) is 11.1. The molecule has 1 atom stereocenters. The van der Waals surface area contributed by atoms with Gasteiger partial charge in [0.2, 0.25) is 5.91 Å². The minimum Gasteiger partial charge on any atom is -0.340 e. The van der Waals surface area contributed by atoms with Crippen LogP contribution in [0.2, 0.25) is 0 Å². The van der Waals surface area contributed by atoms with Gasteiger partial charge in [-0.25, -0.2) is 4.98 Å². The number of hydrogen-bond acceptors (Lipinski definition) is 4. The normalized spacial score (nSPS) is 12.5. The summed E-state index contributed by atoms with van der Waals surface area (Å²) < 4.78 is 0. The fourth-order valence-electron chi connectivity index (χ4n) is 1.57. The number of aryl methyl sites for hydroxylation is 1. The molecule has 5 heteroatoms. The first kappa shape index (κ1) is 13.1. The molecule has 1 rings (SSSR count). The monoisotopic (exact) mass is 241 g/mol. The van der Waals surface area contributed by atoms with Gasteiger partial charge in [-0.2, -0.15) is 0 Å². The summed E-state index contributed by atoms with van der Waals surface area (Å²) in [6.07, 6.45) is 0. The van der Waals surface area contributed by atoms with Crippen LogP contribution in [0.5, 0.6) is 0 Å². The smallest absolute Gasteiger partial charge is 0.226 e. The predicted molar refractivity (Wildman–Crippen MR) is 66.4 cm³/mol. The van der Waals surface area contributed by atoms with Crippen molar-refractivity contribution in [1.29, 1.82) is 0 Å². The maximum Gasteiger partial charge on any atom is 0.226 e. The molecule has 1 aromatic rings. The molecule has 0 fully saturated rings. The second kappa shape index (κ2) is 5.96. The molecule has 0 aromatic carbocycles. The molecule has 0 spiro atoms. The van der Waals surface area contributed by atoms with Crippen molar-refractivity contribution in [2.45, 2.75) is 20.4 Å².